The molecule has 0 unspecified atom stereocenters. The van der Waals surface area contributed by atoms with Crippen LogP contribution >= 0.6 is 0 Å². The molecule has 1 aromatic carbocycles. The van der Waals surface area contributed by atoms with Gasteiger partial charge in [0.1, 0.15) is 25.2 Å². The molecule has 5 heteroatoms. The lowest BCUT2D eigenvalue weighted by atomic mass is 10.2. The first kappa shape index (κ1) is 14.3. The number of rotatable bonds is 5. The normalized spacial score (nSPS) is 13.7. The lowest BCUT2D eigenvalue weighted by molar-refractivity contribution is -0.133. The maximum Gasteiger partial charge on any atom is 0.292 e. The van der Waals surface area contributed by atoms with Crippen molar-refractivity contribution in [2.45, 2.75) is 13.1 Å². The van der Waals surface area contributed by atoms with E-state index in [1.165, 1.54) is 6.26 Å². The van der Waals surface area contributed by atoms with Crippen LogP contribution < -0.4 is 0 Å². The SMILES string of the molecule is O=C(C1=COCCO1)N(Cc1ccccc1)Cc1ccco1. The Balaban J connectivity index is 1.78. The summed E-state index contributed by atoms with van der Waals surface area (Å²) in [4.78, 5) is 14.3. The van der Waals surface area contributed by atoms with Crippen LogP contribution in [0.4, 0.5) is 0 Å². The molecule has 3 rings (SSSR count). The molecule has 1 aliphatic rings. The molecule has 114 valence electrons. The Morgan fingerprint density at radius 1 is 1.05 bits per heavy atom. The zero-order valence-corrected chi connectivity index (χ0v) is 12.1. The van der Waals surface area contributed by atoms with E-state index in [1.807, 2.05) is 36.4 Å². The highest BCUT2D eigenvalue weighted by Crippen LogP contribution is 2.16. The first-order valence-electron chi connectivity index (χ1n) is 7.13. The average Bonchev–Trinajstić information content (AvgIpc) is 3.08. The maximum absolute atomic E-state index is 12.6. The first-order valence-corrected chi connectivity index (χ1v) is 7.13. The molecule has 2 aromatic rings. The van der Waals surface area contributed by atoms with Crippen LogP contribution in [0, 0.1) is 0 Å². The predicted molar refractivity (Wildman–Crippen MR) is 79.4 cm³/mol. The zero-order chi connectivity index (χ0) is 15.2. The molecule has 2 heterocycles. The van der Waals surface area contributed by atoms with E-state index in [-0.39, 0.29) is 11.7 Å². The van der Waals surface area contributed by atoms with E-state index in [1.54, 1.807) is 17.2 Å². The number of furan rings is 1. The predicted octanol–water partition coefficient (Wildman–Crippen LogP) is 2.70. The first-order chi connectivity index (χ1) is 10.8. The van der Waals surface area contributed by atoms with E-state index in [0.29, 0.717) is 26.3 Å². The van der Waals surface area contributed by atoms with Crippen LogP contribution in [0.25, 0.3) is 0 Å². The Labute approximate surface area is 128 Å². The molecule has 0 fully saturated rings. The number of amides is 1. The maximum atomic E-state index is 12.6. The molecule has 0 aliphatic carbocycles. The van der Waals surface area contributed by atoms with Crippen LogP contribution in [0.15, 0.2) is 65.2 Å². The lowest BCUT2D eigenvalue weighted by Gasteiger charge is -2.24. The molecule has 1 aliphatic heterocycles. The molecule has 0 atom stereocenters. The second-order valence-corrected chi connectivity index (χ2v) is 4.93. The topological polar surface area (TPSA) is 51.9 Å². The highest BCUT2D eigenvalue weighted by Gasteiger charge is 2.23. The number of benzene rings is 1. The van der Waals surface area contributed by atoms with Gasteiger partial charge >= 0.3 is 0 Å². The molecule has 0 spiro atoms. The van der Waals surface area contributed by atoms with Crippen molar-refractivity contribution in [2.24, 2.45) is 0 Å². The van der Waals surface area contributed by atoms with Crippen LogP contribution in [-0.2, 0) is 27.4 Å². The van der Waals surface area contributed by atoms with Crippen molar-refractivity contribution in [1.29, 1.82) is 0 Å². The molecule has 0 saturated carbocycles. The summed E-state index contributed by atoms with van der Waals surface area (Å²) >= 11 is 0. The summed E-state index contributed by atoms with van der Waals surface area (Å²) < 4.78 is 15.9. The van der Waals surface area contributed by atoms with Gasteiger partial charge in [0.2, 0.25) is 5.76 Å². The molecular formula is C17H17NO4. The zero-order valence-electron chi connectivity index (χ0n) is 12.1. The molecule has 1 aromatic heterocycles. The van der Waals surface area contributed by atoms with Crippen molar-refractivity contribution in [2.75, 3.05) is 13.2 Å². The highest BCUT2D eigenvalue weighted by molar-refractivity contribution is 5.91. The molecule has 22 heavy (non-hydrogen) atoms. The average molecular weight is 299 g/mol. The van der Waals surface area contributed by atoms with Crippen molar-refractivity contribution in [3.05, 3.63) is 72.1 Å². The van der Waals surface area contributed by atoms with Gasteiger partial charge < -0.3 is 18.8 Å². The Kier molecular flexibility index (Phi) is 4.44. The molecule has 5 nitrogen and oxygen atoms in total. The van der Waals surface area contributed by atoms with E-state index in [2.05, 4.69) is 0 Å². The number of ether oxygens (including phenoxy) is 2. The number of carbonyl (C=O) groups excluding carboxylic acids is 1. The fourth-order valence-electron chi connectivity index (χ4n) is 2.23. The summed E-state index contributed by atoms with van der Waals surface area (Å²) in [5, 5.41) is 0. The van der Waals surface area contributed by atoms with E-state index in [0.717, 1.165) is 11.3 Å². The van der Waals surface area contributed by atoms with Gasteiger partial charge in [0.15, 0.2) is 0 Å². The van der Waals surface area contributed by atoms with Crippen molar-refractivity contribution in [3.63, 3.8) is 0 Å². The summed E-state index contributed by atoms with van der Waals surface area (Å²) in [7, 11) is 0. The Morgan fingerprint density at radius 3 is 2.59 bits per heavy atom. The van der Waals surface area contributed by atoms with Crippen LogP contribution in [0.5, 0.6) is 0 Å². The molecule has 0 bridgehead atoms. The van der Waals surface area contributed by atoms with Crippen molar-refractivity contribution < 1.29 is 18.7 Å². The third-order valence-corrected chi connectivity index (χ3v) is 3.29. The number of nitrogens with zero attached hydrogens (tertiary/aromatic N) is 1. The Hall–Kier alpha value is -2.69. The van der Waals surface area contributed by atoms with Crippen LogP contribution in [0.1, 0.15) is 11.3 Å². The van der Waals surface area contributed by atoms with Gasteiger partial charge in [0.25, 0.3) is 5.91 Å². The summed E-state index contributed by atoms with van der Waals surface area (Å²) in [5.74, 6) is 0.746. The minimum absolute atomic E-state index is 0.208. The summed E-state index contributed by atoms with van der Waals surface area (Å²) in [6.45, 7) is 1.70. The smallest absolute Gasteiger partial charge is 0.292 e. The van der Waals surface area contributed by atoms with E-state index < -0.39 is 0 Å². The minimum atomic E-state index is -0.208. The van der Waals surface area contributed by atoms with Crippen LogP contribution in [0.2, 0.25) is 0 Å². The van der Waals surface area contributed by atoms with Gasteiger partial charge in [-0.05, 0) is 17.7 Å². The minimum Gasteiger partial charge on any atom is -0.494 e. The third kappa shape index (κ3) is 3.49. The number of hydrogen-bond acceptors (Lipinski definition) is 4. The molecule has 0 saturated heterocycles. The van der Waals surface area contributed by atoms with Crippen molar-refractivity contribution in [3.8, 4) is 0 Å². The van der Waals surface area contributed by atoms with Gasteiger partial charge in [-0.2, -0.15) is 0 Å². The number of hydrogen-bond donors (Lipinski definition) is 0. The van der Waals surface area contributed by atoms with Gasteiger partial charge in [0.05, 0.1) is 12.8 Å². The summed E-state index contributed by atoms with van der Waals surface area (Å²) in [5.41, 5.74) is 1.04. The lowest BCUT2D eigenvalue weighted by Crippen LogP contribution is -2.33. The largest absolute Gasteiger partial charge is 0.494 e. The molecular weight excluding hydrogens is 282 g/mol. The molecule has 0 radical (unpaired) electrons. The van der Waals surface area contributed by atoms with Crippen molar-refractivity contribution >= 4 is 5.91 Å². The highest BCUT2D eigenvalue weighted by atomic mass is 16.6. The Morgan fingerprint density at radius 2 is 1.91 bits per heavy atom. The van der Waals surface area contributed by atoms with E-state index in [9.17, 15) is 4.79 Å². The van der Waals surface area contributed by atoms with Gasteiger partial charge in [-0.15, -0.1) is 0 Å². The van der Waals surface area contributed by atoms with Crippen LogP contribution in [-0.4, -0.2) is 24.0 Å². The second kappa shape index (κ2) is 6.85. The number of carbonyl (C=O) groups is 1. The molecule has 0 N–H and O–H groups in total. The van der Waals surface area contributed by atoms with Gasteiger partial charge in [-0.3, -0.25) is 4.79 Å². The Bertz CT molecular complexity index is 634. The van der Waals surface area contributed by atoms with E-state index in [4.69, 9.17) is 13.9 Å². The van der Waals surface area contributed by atoms with Gasteiger partial charge in [0, 0.05) is 6.54 Å². The molecule has 1 amide bonds. The van der Waals surface area contributed by atoms with Gasteiger partial charge in [-0.1, -0.05) is 30.3 Å². The second-order valence-electron chi connectivity index (χ2n) is 4.93. The van der Waals surface area contributed by atoms with E-state index >= 15 is 0 Å². The standard InChI is InChI=1S/C17H17NO4/c19-17(16-13-20-9-10-22-16)18(12-15-7-4-8-21-15)11-14-5-2-1-3-6-14/h1-8,13H,9-12H2. The monoisotopic (exact) mass is 299 g/mol. The fraction of sp³-hybridized carbons (Fsp3) is 0.235. The third-order valence-electron chi connectivity index (χ3n) is 3.29. The summed E-state index contributed by atoms with van der Waals surface area (Å²) in [6.07, 6.45) is 2.98. The fourth-order valence-corrected chi connectivity index (χ4v) is 2.23. The van der Waals surface area contributed by atoms with Crippen molar-refractivity contribution in [1.82, 2.24) is 4.90 Å². The quantitative estimate of drug-likeness (QED) is 0.852. The summed E-state index contributed by atoms with van der Waals surface area (Å²) in [6, 6.07) is 13.5. The van der Waals surface area contributed by atoms with Crippen LogP contribution in [0.3, 0.4) is 0 Å². The van der Waals surface area contributed by atoms with Gasteiger partial charge in [-0.25, -0.2) is 0 Å².